The quantitative estimate of drug-likeness (QED) is 0.828. The summed E-state index contributed by atoms with van der Waals surface area (Å²) in [5.74, 6) is 0. The molecule has 0 aliphatic carbocycles. The van der Waals surface area contributed by atoms with Crippen LogP contribution in [-0.4, -0.2) is 51.2 Å². The molecule has 142 valence electrons. The fourth-order valence-corrected chi connectivity index (χ4v) is 3.36. The molecule has 5 heteroatoms. The van der Waals surface area contributed by atoms with E-state index in [2.05, 4.69) is 34.3 Å². The molecule has 0 bridgehead atoms. The lowest BCUT2D eigenvalue weighted by molar-refractivity contribution is 0.0391. The topological polar surface area (TPSA) is 50.5 Å². The minimum absolute atomic E-state index is 0.184. The highest BCUT2D eigenvalue weighted by Gasteiger charge is 2.19. The molecule has 1 fully saturated rings. The summed E-state index contributed by atoms with van der Waals surface area (Å²) in [6.45, 7) is 8.30. The second-order valence-electron chi connectivity index (χ2n) is 7.94. The smallest absolute Gasteiger partial charge is 0.0897 e. The molecule has 26 heavy (non-hydrogen) atoms. The largest absolute Gasteiger partial charge is 0.390 e. The van der Waals surface area contributed by atoms with Gasteiger partial charge in [-0.1, -0.05) is 24.3 Å². The van der Waals surface area contributed by atoms with E-state index in [9.17, 15) is 5.11 Å². The van der Waals surface area contributed by atoms with Gasteiger partial charge in [0.1, 0.15) is 0 Å². The van der Waals surface area contributed by atoms with Gasteiger partial charge in [-0.25, -0.2) is 0 Å². The highest BCUT2D eigenvalue weighted by atomic mass is 16.5. The van der Waals surface area contributed by atoms with Crippen molar-refractivity contribution in [2.45, 2.75) is 57.9 Å². The van der Waals surface area contributed by atoms with Crippen LogP contribution in [0.4, 0.5) is 0 Å². The molecule has 0 radical (unpaired) electrons. The first-order valence-corrected chi connectivity index (χ1v) is 9.59. The Hall–Kier alpha value is -1.69. The van der Waals surface area contributed by atoms with Crippen LogP contribution in [0.1, 0.15) is 37.8 Å². The molecule has 0 spiro atoms. The predicted octanol–water partition coefficient (Wildman–Crippen LogP) is 2.88. The van der Waals surface area contributed by atoms with Crippen LogP contribution in [0.25, 0.3) is 0 Å². The lowest BCUT2D eigenvalue weighted by Gasteiger charge is -2.24. The molecule has 1 aliphatic rings. The highest BCUT2D eigenvalue weighted by molar-refractivity contribution is 5.22. The van der Waals surface area contributed by atoms with E-state index in [1.807, 2.05) is 37.0 Å². The maximum absolute atomic E-state index is 9.87. The Balaban J connectivity index is 1.53. The second kappa shape index (κ2) is 8.80. The molecule has 1 aromatic carbocycles. The summed E-state index contributed by atoms with van der Waals surface area (Å²) >= 11 is 0. The molecule has 1 saturated heterocycles. The Morgan fingerprint density at radius 3 is 2.69 bits per heavy atom. The van der Waals surface area contributed by atoms with Crippen molar-refractivity contribution in [3.63, 3.8) is 0 Å². The van der Waals surface area contributed by atoms with Crippen molar-refractivity contribution in [3.05, 3.63) is 53.9 Å². The monoisotopic (exact) mass is 357 g/mol. The van der Waals surface area contributed by atoms with Gasteiger partial charge in [0.05, 0.1) is 18.2 Å². The van der Waals surface area contributed by atoms with E-state index < -0.39 is 5.60 Å². The van der Waals surface area contributed by atoms with Crippen molar-refractivity contribution in [3.8, 4) is 0 Å². The van der Waals surface area contributed by atoms with Crippen molar-refractivity contribution < 1.29 is 9.84 Å². The van der Waals surface area contributed by atoms with Gasteiger partial charge in [0.2, 0.25) is 0 Å². The molecule has 1 aromatic heterocycles. The molecule has 5 nitrogen and oxygen atoms in total. The number of aliphatic hydroxyl groups is 1. The minimum atomic E-state index is -0.603. The zero-order valence-electron chi connectivity index (χ0n) is 16.0. The van der Waals surface area contributed by atoms with Crippen molar-refractivity contribution >= 4 is 0 Å². The van der Waals surface area contributed by atoms with Crippen LogP contribution < -0.4 is 0 Å². The number of benzene rings is 1. The van der Waals surface area contributed by atoms with Gasteiger partial charge in [-0.15, -0.1) is 0 Å². The van der Waals surface area contributed by atoms with E-state index in [0.29, 0.717) is 0 Å². The van der Waals surface area contributed by atoms with Gasteiger partial charge in [0, 0.05) is 38.6 Å². The van der Waals surface area contributed by atoms with Crippen LogP contribution in [-0.2, 0) is 24.2 Å². The van der Waals surface area contributed by atoms with E-state index in [1.165, 1.54) is 11.1 Å². The van der Waals surface area contributed by atoms with Gasteiger partial charge in [0.25, 0.3) is 0 Å². The molecule has 1 N–H and O–H groups in total. The minimum Gasteiger partial charge on any atom is -0.390 e. The van der Waals surface area contributed by atoms with Gasteiger partial charge in [-0.3, -0.25) is 9.58 Å². The summed E-state index contributed by atoms with van der Waals surface area (Å²) in [5, 5.41) is 14.2. The van der Waals surface area contributed by atoms with Crippen molar-refractivity contribution in [1.29, 1.82) is 0 Å². The first-order chi connectivity index (χ1) is 12.5. The number of ether oxygens (including phenoxy) is 1. The van der Waals surface area contributed by atoms with Gasteiger partial charge in [-0.05, 0) is 50.3 Å². The molecular formula is C21H31N3O2. The Kier molecular flexibility index (Phi) is 6.46. The Morgan fingerprint density at radius 2 is 2.00 bits per heavy atom. The van der Waals surface area contributed by atoms with E-state index in [1.54, 1.807) is 0 Å². The summed E-state index contributed by atoms with van der Waals surface area (Å²) < 4.78 is 7.95. The molecule has 2 heterocycles. The third-order valence-corrected chi connectivity index (χ3v) is 4.84. The highest BCUT2D eigenvalue weighted by Crippen LogP contribution is 2.16. The van der Waals surface area contributed by atoms with Crippen molar-refractivity contribution in [2.24, 2.45) is 0 Å². The molecule has 1 atom stereocenters. The predicted molar refractivity (Wildman–Crippen MR) is 103 cm³/mol. The van der Waals surface area contributed by atoms with Gasteiger partial charge in [-0.2, -0.15) is 5.10 Å². The van der Waals surface area contributed by atoms with Gasteiger partial charge < -0.3 is 9.84 Å². The molecule has 2 aromatic rings. The zero-order valence-corrected chi connectivity index (χ0v) is 16.0. The summed E-state index contributed by atoms with van der Waals surface area (Å²) in [4.78, 5) is 2.48. The molecule has 0 amide bonds. The number of nitrogens with zero attached hydrogens (tertiary/aromatic N) is 3. The molecule has 1 aliphatic heterocycles. The Labute approximate surface area is 156 Å². The summed E-state index contributed by atoms with van der Waals surface area (Å²) in [6.07, 6.45) is 6.75. The maximum Gasteiger partial charge on any atom is 0.0897 e. The SMILES string of the molecule is CC(C)(O)CCc1ccc(CN2CCCO[C@H](Cn3cccn3)C2)cc1. The van der Waals surface area contributed by atoms with E-state index in [0.717, 1.165) is 52.0 Å². The van der Waals surface area contributed by atoms with Crippen molar-refractivity contribution in [1.82, 2.24) is 14.7 Å². The molecule has 3 rings (SSSR count). The number of hydrogen-bond donors (Lipinski definition) is 1. The average Bonchev–Trinajstić information content (AvgIpc) is 3.00. The zero-order chi connectivity index (χ0) is 18.4. The second-order valence-corrected chi connectivity index (χ2v) is 7.94. The van der Waals surface area contributed by atoms with E-state index in [4.69, 9.17) is 4.74 Å². The fourth-order valence-electron chi connectivity index (χ4n) is 3.36. The first kappa shape index (κ1) is 19.1. The summed E-state index contributed by atoms with van der Waals surface area (Å²) in [5.41, 5.74) is 2.01. The van der Waals surface area contributed by atoms with Crippen LogP contribution in [0.2, 0.25) is 0 Å². The third-order valence-electron chi connectivity index (χ3n) is 4.84. The van der Waals surface area contributed by atoms with Crippen LogP contribution in [0.5, 0.6) is 0 Å². The standard InChI is InChI=1S/C21H31N3O2/c1-21(2,25)10-9-18-5-7-19(8-6-18)15-23-12-4-14-26-20(16-23)17-24-13-3-11-22-24/h3,5-8,11,13,20,25H,4,9-10,12,14-17H2,1-2H3/t20-/m0/s1. The van der Waals surface area contributed by atoms with Crippen LogP contribution in [0.15, 0.2) is 42.7 Å². The van der Waals surface area contributed by atoms with Crippen LogP contribution >= 0.6 is 0 Å². The fraction of sp³-hybridized carbons (Fsp3) is 0.571. The molecule has 0 saturated carbocycles. The first-order valence-electron chi connectivity index (χ1n) is 9.59. The number of hydrogen-bond acceptors (Lipinski definition) is 4. The lowest BCUT2D eigenvalue weighted by atomic mass is 9.98. The number of rotatable bonds is 7. The Morgan fingerprint density at radius 1 is 1.23 bits per heavy atom. The van der Waals surface area contributed by atoms with E-state index >= 15 is 0 Å². The van der Waals surface area contributed by atoms with Gasteiger partial charge >= 0.3 is 0 Å². The van der Waals surface area contributed by atoms with Crippen molar-refractivity contribution in [2.75, 3.05) is 19.7 Å². The average molecular weight is 357 g/mol. The lowest BCUT2D eigenvalue weighted by Crippen LogP contribution is -2.34. The number of aryl methyl sites for hydroxylation is 1. The molecule has 0 unspecified atom stereocenters. The summed E-state index contributed by atoms with van der Waals surface area (Å²) in [6, 6.07) is 10.8. The Bertz CT molecular complexity index is 647. The third kappa shape index (κ3) is 6.24. The normalized spacial score (nSPS) is 19.4. The van der Waals surface area contributed by atoms with E-state index in [-0.39, 0.29) is 6.10 Å². The maximum atomic E-state index is 9.87. The van der Waals surface area contributed by atoms with Crippen LogP contribution in [0, 0.1) is 0 Å². The molecular weight excluding hydrogens is 326 g/mol. The van der Waals surface area contributed by atoms with Gasteiger partial charge in [0.15, 0.2) is 0 Å². The summed E-state index contributed by atoms with van der Waals surface area (Å²) in [7, 11) is 0. The van der Waals surface area contributed by atoms with Crippen LogP contribution in [0.3, 0.4) is 0 Å². The number of aromatic nitrogens is 2.